The van der Waals surface area contributed by atoms with Gasteiger partial charge in [0.2, 0.25) is 0 Å². The molecule has 0 amide bonds. The maximum atomic E-state index is 12.2. The van der Waals surface area contributed by atoms with Gasteiger partial charge in [0.15, 0.2) is 0 Å². The molecule has 0 aromatic heterocycles. The summed E-state index contributed by atoms with van der Waals surface area (Å²) in [7, 11) is -1.68. The molecule has 3 nitrogen and oxygen atoms in total. The van der Waals surface area contributed by atoms with Crippen molar-refractivity contribution in [1.29, 1.82) is 0 Å². The van der Waals surface area contributed by atoms with Crippen LogP contribution in [0.5, 0.6) is 0 Å². The summed E-state index contributed by atoms with van der Waals surface area (Å²) in [6.07, 6.45) is 0.819. The number of benzene rings is 1. The molecule has 0 spiro atoms. The van der Waals surface area contributed by atoms with Crippen molar-refractivity contribution in [2.45, 2.75) is 20.3 Å². The van der Waals surface area contributed by atoms with Gasteiger partial charge in [-0.05, 0) is 25.5 Å². The Morgan fingerprint density at radius 3 is 2.33 bits per heavy atom. The van der Waals surface area contributed by atoms with Gasteiger partial charge in [-0.1, -0.05) is 24.6 Å². The summed E-state index contributed by atoms with van der Waals surface area (Å²) < 4.78 is 22.5. The Labute approximate surface area is 90.9 Å². The second kappa shape index (κ2) is 5.45. The van der Waals surface area contributed by atoms with Crippen LogP contribution in [0.15, 0.2) is 24.3 Å². The van der Waals surface area contributed by atoms with E-state index in [2.05, 4.69) is 0 Å². The van der Waals surface area contributed by atoms with E-state index in [0.29, 0.717) is 11.9 Å². The maximum Gasteiger partial charge on any atom is 0.361 e. The van der Waals surface area contributed by atoms with Gasteiger partial charge in [0, 0.05) is 7.11 Å². The zero-order valence-electron chi connectivity index (χ0n) is 9.40. The second-order valence-corrected chi connectivity index (χ2v) is 5.48. The molecule has 1 unspecified atom stereocenters. The average molecular weight is 228 g/mol. The highest BCUT2D eigenvalue weighted by atomic mass is 31.2. The molecule has 15 heavy (non-hydrogen) atoms. The largest absolute Gasteiger partial charge is 0.361 e. The normalized spacial score (nSPS) is 14.9. The molecule has 1 atom stereocenters. The zero-order valence-corrected chi connectivity index (χ0v) is 10.3. The van der Waals surface area contributed by atoms with Crippen LogP contribution < -0.4 is 5.30 Å². The Morgan fingerprint density at radius 2 is 1.87 bits per heavy atom. The average Bonchev–Trinajstić information content (AvgIpc) is 2.27. The summed E-state index contributed by atoms with van der Waals surface area (Å²) in [5, 5.41) is 0.615. The number of hydrogen-bond acceptors (Lipinski definition) is 3. The van der Waals surface area contributed by atoms with Gasteiger partial charge < -0.3 is 9.05 Å². The highest BCUT2D eigenvalue weighted by molar-refractivity contribution is 7.62. The van der Waals surface area contributed by atoms with Crippen LogP contribution in [0.1, 0.15) is 18.9 Å². The maximum absolute atomic E-state index is 12.2. The lowest BCUT2D eigenvalue weighted by molar-refractivity contribution is 0.243. The molecule has 0 aliphatic carbocycles. The smallest absolute Gasteiger partial charge is 0.309 e. The van der Waals surface area contributed by atoms with Crippen LogP contribution in [0.2, 0.25) is 0 Å². The van der Waals surface area contributed by atoms with Gasteiger partial charge in [0.1, 0.15) is 0 Å². The Bertz CT molecular complexity index is 345. The van der Waals surface area contributed by atoms with Crippen molar-refractivity contribution in [2.75, 3.05) is 13.7 Å². The van der Waals surface area contributed by atoms with Crippen molar-refractivity contribution in [3.05, 3.63) is 29.8 Å². The van der Waals surface area contributed by atoms with E-state index in [-0.39, 0.29) is 0 Å². The van der Waals surface area contributed by atoms with Gasteiger partial charge >= 0.3 is 7.60 Å². The van der Waals surface area contributed by atoms with Crippen LogP contribution in [0.25, 0.3) is 0 Å². The summed E-state index contributed by atoms with van der Waals surface area (Å²) in [6, 6.07) is 7.37. The fraction of sp³-hybridized carbons (Fsp3) is 0.455. The monoisotopic (exact) mass is 228 g/mol. The summed E-state index contributed by atoms with van der Waals surface area (Å²) in [5.41, 5.74) is 1.12. The lowest BCUT2D eigenvalue weighted by Crippen LogP contribution is -2.09. The molecule has 0 aliphatic heterocycles. The van der Waals surface area contributed by atoms with Crippen molar-refractivity contribution >= 4 is 12.9 Å². The van der Waals surface area contributed by atoms with Gasteiger partial charge in [-0.15, -0.1) is 0 Å². The van der Waals surface area contributed by atoms with E-state index in [9.17, 15) is 4.57 Å². The molecule has 0 saturated heterocycles. The van der Waals surface area contributed by atoms with Crippen LogP contribution >= 0.6 is 7.60 Å². The molecule has 84 valence electrons. The number of rotatable bonds is 5. The molecule has 4 heteroatoms. The third-order valence-electron chi connectivity index (χ3n) is 2.06. The molecule has 1 aromatic carbocycles. The van der Waals surface area contributed by atoms with Crippen molar-refractivity contribution in [2.24, 2.45) is 0 Å². The fourth-order valence-electron chi connectivity index (χ4n) is 1.17. The molecular formula is C11H17O3P. The minimum atomic E-state index is -3.09. The van der Waals surface area contributed by atoms with Crippen molar-refractivity contribution < 1.29 is 13.6 Å². The van der Waals surface area contributed by atoms with Crippen LogP contribution in [0.3, 0.4) is 0 Å². The molecule has 0 N–H and O–H groups in total. The molecule has 0 fully saturated rings. The molecule has 0 heterocycles. The van der Waals surface area contributed by atoms with Crippen LogP contribution in [0.4, 0.5) is 0 Å². The van der Waals surface area contributed by atoms with E-state index in [1.165, 1.54) is 7.11 Å². The first kappa shape index (κ1) is 12.4. The third kappa shape index (κ3) is 3.16. The van der Waals surface area contributed by atoms with Crippen LogP contribution in [0, 0.1) is 6.92 Å². The van der Waals surface area contributed by atoms with E-state index in [4.69, 9.17) is 9.05 Å². The quantitative estimate of drug-likeness (QED) is 0.727. The van der Waals surface area contributed by atoms with E-state index in [1.54, 1.807) is 12.1 Å². The zero-order chi connectivity index (χ0) is 11.3. The molecular weight excluding hydrogens is 211 g/mol. The lowest BCUT2D eigenvalue weighted by atomic mass is 10.2. The first-order valence-electron chi connectivity index (χ1n) is 5.00. The van der Waals surface area contributed by atoms with E-state index < -0.39 is 7.60 Å². The SMILES string of the molecule is CCCOP(=O)(OC)c1ccc(C)cc1. The van der Waals surface area contributed by atoms with Gasteiger partial charge in [0.05, 0.1) is 11.9 Å². The predicted molar refractivity (Wildman–Crippen MR) is 61.7 cm³/mol. The Kier molecular flexibility index (Phi) is 4.52. The van der Waals surface area contributed by atoms with E-state index in [0.717, 1.165) is 12.0 Å². The molecule has 0 bridgehead atoms. The van der Waals surface area contributed by atoms with Gasteiger partial charge in [-0.3, -0.25) is 4.57 Å². The minimum absolute atomic E-state index is 0.443. The fourth-order valence-corrected chi connectivity index (χ4v) is 2.57. The molecule has 1 rings (SSSR count). The topological polar surface area (TPSA) is 35.5 Å². The first-order chi connectivity index (χ1) is 7.12. The Hall–Kier alpha value is -0.630. The highest BCUT2D eigenvalue weighted by Crippen LogP contribution is 2.45. The van der Waals surface area contributed by atoms with Crippen molar-refractivity contribution in [1.82, 2.24) is 0 Å². The van der Waals surface area contributed by atoms with Crippen molar-refractivity contribution in [3.63, 3.8) is 0 Å². The Morgan fingerprint density at radius 1 is 1.27 bits per heavy atom. The summed E-state index contributed by atoms with van der Waals surface area (Å²) >= 11 is 0. The first-order valence-corrected chi connectivity index (χ1v) is 6.54. The summed E-state index contributed by atoms with van der Waals surface area (Å²) in [5.74, 6) is 0. The molecule has 0 saturated carbocycles. The summed E-state index contributed by atoms with van der Waals surface area (Å²) in [6.45, 7) is 4.39. The highest BCUT2D eigenvalue weighted by Gasteiger charge is 2.25. The Balaban J connectivity index is 2.90. The number of hydrogen-bond donors (Lipinski definition) is 0. The predicted octanol–water partition coefficient (Wildman–Crippen LogP) is 2.89. The number of aryl methyl sites for hydroxylation is 1. The van der Waals surface area contributed by atoms with E-state index >= 15 is 0 Å². The lowest BCUT2D eigenvalue weighted by Gasteiger charge is -2.16. The summed E-state index contributed by atoms with van der Waals surface area (Å²) in [4.78, 5) is 0. The minimum Gasteiger partial charge on any atom is -0.309 e. The molecule has 0 aliphatic rings. The van der Waals surface area contributed by atoms with E-state index in [1.807, 2.05) is 26.0 Å². The van der Waals surface area contributed by atoms with Crippen LogP contribution in [-0.4, -0.2) is 13.7 Å². The molecule has 0 radical (unpaired) electrons. The van der Waals surface area contributed by atoms with Gasteiger partial charge in [-0.2, -0.15) is 0 Å². The third-order valence-corrected chi connectivity index (χ3v) is 3.99. The second-order valence-electron chi connectivity index (χ2n) is 3.35. The standard InChI is InChI=1S/C11H17O3P/c1-4-9-14-15(12,13-3)11-7-5-10(2)6-8-11/h5-8H,4,9H2,1-3H3. The van der Waals surface area contributed by atoms with Gasteiger partial charge in [-0.25, -0.2) is 0 Å². The van der Waals surface area contributed by atoms with Gasteiger partial charge in [0.25, 0.3) is 0 Å². The van der Waals surface area contributed by atoms with Crippen molar-refractivity contribution in [3.8, 4) is 0 Å². The van der Waals surface area contributed by atoms with Crippen LogP contribution in [-0.2, 0) is 13.6 Å². The molecule has 1 aromatic rings.